The highest BCUT2D eigenvalue weighted by Crippen LogP contribution is 2.22. The summed E-state index contributed by atoms with van der Waals surface area (Å²) in [4.78, 5) is 24.2. The van der Waals surface area contributed by atoms with Crippen LogP contribution in [0.5, 0.6) is 0 Å². The second-order valence-electron chi connectivity index (χ2n) is 5.01. The Hall–Kier alpha value is -1.88. The van der Waals surface area contributed by atoms with E-state index in [9.17, 15) is 14.0 Å². The standard InChI is InChI=1S/C15H15ClFNO3/c16-12-2-1-3-13(17)11(12)4-5-14(19)18-7-6-10(9-18)8-15(20)21/h1-5,10H,6-9H2,(H,20,21). The van der Waals surface area contributed by atoms with Crippen LogP contribution < -0.4 is 0 Å². The van der Waals surface area contributed by atoms with E-state index in [1.165, 1.54) is 24.3 Å². The predicted octanol–water partition coefficient (Wildman–Crippen LogP) is 2.82. The molecular formula is C15H15ClFNO3. The van der Waals surface area contributed by atoms with Gasteiger partial charge in [-0.25, -0.2) is 4.39 Å². The fourth-order valence-corrected chi connectivity index (χ4v) is 2.60. The van der Waals surface area contributed by atoms with Gasteiger partial charge >= 0.3 is 5.97 Å². The number of carbonyl (C=O) groups is 2. The SMILES string of the molecule is O=C(O)CC1CCN(C(=O)C=Cc2c(F)cccc2Cl)C1. The average Bonchev–Trinajstić information content (AvgIpc) is 2.85. The summed E-state index contributed by atoms with van der Waals surface area (Å²) in [5, 5.41) is 8.98. The number of hydrogen-bond acceptors (Lipinski definition) is 2. The minimum absolute atomic E-state index is 0.0168. The number of hydrogen-bond donors (Lipinski definition) is 1. The fraction of sp³-hybridized carbons (Fsp3) is 0.333. The molecule has 2 rings (SSSR count). The van der Waals surface area contributed by atoms with Crippen LogP contribution in [0, 0.1) is 11.7 Å². The minimum atomic E-state index is -0.858. The maximum atomic E-state index is 13.6. The molecular weight excluding hydrogens is 297 g/mol. The number of carboxylic acid groups (broad SMARTS) is 1. The van der Waals surface area contributed by atoms with Crippen molar-refractivity contribution in [2.45, 2.75) is 12.8 Å². The maximum absolute atomic E-state index is 13.6. The molecule has 0 bridgehead atoms. The van der Waals surface area contributed by atoms with Crippen molar-refractivity contribution in [3.05, 3.63) is 40.7 Å². The van der Waals surface area contributed by atoms with Gasteiger partial charge in [0.15, 0.2) is 0 Å². The first-order chi connectivity index (χ1) is 9.97. The van der Waals surface area contributed by atoms with E-state index >= 15 is 0 Å². The summed E-state index contributed by atoms with van der Waals surface area (Å²) in [5.41, 5.74) is 0.175. The predicted molar refractivity (Wildman–Crippen MR) is 77.4 cm³/mol. The molecule has 1 saturated heterocycles. The first kappa shape index (κ1) is 15.5. The van der Waals surface area contributed by atoms with Gasteiger partial charge in [-0.15, -0.1) is 0 Å². The molecule has 0 spiro atoms. The monoisotopic (exact) mass is 311 g/mol. The number of aliphatic carboxylic acids is 1. The number of carbonyl (C=O) groups excluding carboxylic acids is 1. The lowest BCUT2D eigenvalue weighted by molar-refractivity contribution is -0.138. The first-order valence-corrected chi connectivity index (χ1v) is 6.98. The lowest BCUT2D eigenvalue weighted by Crippen LogP contribution is -2.27. The van der Waals surface area contributed by atoms with Gasteiger partial charge in [0.1, 0.15) is 5.82 Å². The zero-order chi connectivity index (χ0) is 15.4. The van der Waals surface area contributed by atoms with Gasteiger partial charge < -0.3 is 10.0 Å². The summed E-state index contributed by atoms with van der Waals surface area (Å²) in [6.07, 6.45) is 3.36. The van der Waals surface area contributed by atoms with Crippen LogP contribution in [0.3, 0.4) is 0 Å². The Morgan fingerprint density at radius 1 is 1.48 bits per heavy atom. The Labute approximate surface area is 126 Å². The molecule has 1 fully saturated rings. The lowest BCUT2D eigenvalue weighted by atomic mass is 10.1. The molecule has 112 valence electrons. The third kappa shape index (κ3) is 4.04. The van der Waals surface area contributed by atoms with Gasteiger partial charge in [0, 0.05) is 31.1 Å². The quantitative estimate of drug-likeness (QED) is 0.870. The molecule has 1 aromatic rings. The zero-order valence-corrected chi connectivity index (χ0v) is 12.0. The van der Waals surface area contributed by atoms with Crippen LogP contribution >= 0.6 is 11.6 Å². The van der Waals surface area contributed by atoms with Crippen LogP contribution in [0.2, 0.25) is 5.02 Å². The van der Waals surface area contributed by atoms with Gasteiger partial charge in [-0.2, -0.15) is 0 Å². The van der Waals surface area contributed by atoms with Crippen molar-refractivity contribution in [3.63, 3.8) is 0 Å². The molecule has 1 atom stereocenters. The fourth-order valence-electron chi connectivity index (χ4n) is 2.38. The Morgan fingerprint density at radius 3 is 2.90 bits per heavy atom. The van der Waals surface area contributed by atoms with Crippen molar-refractivity contribution in [3.8, 4) is 0 Å². The lowest BCUT2D eigenvalue weighted by Gasteiger charge is -2.13. The van der Waals surface area contributed by atoms with Gasteiger partial charge in [-0.05, 0) is 30.5 Å². The van der Waals surface area contributed by atoms with Crippen molar-refractivity contribution in [1.29, 1.82) is 0 Å². The van der Waals surface area contributed by atoms with Crippen molar-refractivity contribution in [2.75, 3.05) is 13.1 Å². The number of likely N-dealkylation sites (tertiary alicyclic amines) is 1. The number of amides is 1. The highest BCUT2D eigenvalue weighted by atomic mass is 35.5. The summed E-state index contributed by atoms with van der Waals surface area (Å²) < 4.78 is 13.6. The smallest absolute Gasteiger partial charge is 0.303 e. The van der Waals surface area contributed by atoms with Crippen molar-refractivity contribution in [2.24, 2.45) is 5.92 Å². The van der Waals surface area contributed by atoms with E-state index < -0.39 is 11.8 Å². The van der Waals surface area contributed by atoms with Gasteiger partial charge in [-0.3, -0.25) is 9.59 Å². The molecule has 1 unspecified atom stereocenters. The van der Waals surface area contributed by atoms with E-state index in [-0.39, 0.29) is 28.8 Å². The Bertz CT molecular complexity index is 568. The molecule has 0 radical (unpaired) electrons. The molecule has 0 aromatic heterocycles. The Balaban J connectivity index is 1.99. The number of nitrogens with zero attached hydrogens (tertiary/aromatic N) is 1. The Morgan fingerprint density at radius 2 is 2.24 bits per heavy atom. The second-order valence-corrected chi connectivity index (χ2v) is 5.41. The third-order valence-electron chi connectivity index (χ3n) is 3.45. The highest BCUT2D eigenvalue weighted by Gasteiger charge is 2.26. The topological polar surface area (TPSA) is 57.6 Å². The molecule has 21 heavy (non-hydrogen) atoms. The van der Waals surface area contributed by atoms with E-state index in [4.69, 9.17) is 16.7 Å². The number of carboxylic acids is 1. The molecule has 0 saturated carbocycles. The average molecular weight is 312 g/mol. The van der Waals surface area contributed by atoms with Crippen LogP contribution in [0.4, 0.5) is 4.39 Å². The zero-order valence-electron chi connectivity index (χ0n) is 11.3. The van der Waals surface area contributed by atoms with Crippen LogP contribution in [-0.4, -0.2) is 35.0 Å². The number of benzene rings is 1. The third-order valence-corrected chi connectivity index (χ3v) is 3.78. The summed E-state index contributed by atoms with van der Waals surface area (Å²) >= 11 is 5.87. The van der Waals surface area contributed by atoms with Crippen molar-refractivity contribution >= 4 is 29.6 Å². The van der Waals surface area contributed by atoms with E-state index in [0.717, 1.165) is 0 Å². The van der Waals surface area contributed by atoms with E-state index in [0.29, 0.717) is 19.5 Å². The highest BCUT2D eigenvalue weighted by molar-refractivity contribution is 6.32. The van der Waals surface area contributed by atoms with Crippen LogP contribution in [0.15, 0.2) is 24.3 Å². The Kier molecular flexibility index (Phi) is 4.96. The summed E-state index contributed by atoms with van der Waals surface area (Å²) in [6, 6.07) is 4.32. The summed E-state index contributed by atoms with van der Waals surface area (Å²) in [5.74, 6) is -1.63. The maximum Gasteiger partial charge on any atom is 0.303 e. The molecule has 1 aliphatic heterocycles. The van der Waals surface area contributed by atoms with E-state index in [2.05, 4.69) is 0 Å². The van der Waals surface area contributed by atoms with Crippen molar-refractivity contribution < 1.29 is 19.1 Å². The first-order valence-electron chi connectivity index (χ1n) is 6.60. The van der Waals surface area contributed by atoms with Gasteiger partial charge in [0.05, 0.1) is 5.02 Å². The molecule has 4 nitrogen and oxygen atoms in total. The molecule has 1 aromatic carbocycles. The normalized spacial score (nSPS) is 18.4. The molecule has 1 heterocycles. The minimum Gasteiger partial charge on any atom is -0.481 e. The molecule has 1 aliphatic rings. The van der Waals surface area contributed by atoms with Gasteiger partial charge in [0.25, 0.3) is 0 Å². The largest absolute Gasteiger partial charge is 0.481 e. The summed E-state index contributed by atoms with van der Waals surface area (Å²) in [7, 11) is 0. The number of halogens is 2. The van der Waals surface area contributed by atoms with Crippen molar-refractivity contribution in [1.82, 2.24) is 4.90 Å². The molecule has 1 amide bonds. The number of rotatable bonds is 4. The molecule has 1 N–H and O–H groups in total. The van der Waals surface area contributed by atoms with Gasteiger partial charge in [0.2, 0.25) is 5.91 Å². The van der Waals surface area contributed by atoms with E-state index in [1.54, 1.807) is 11.0 Å². The van der Waals surface area contributed by atoms with Crippen LogP contribution in [0.25, 0.3) is 6.08 Å². The van der Waals surface area contributed by atoms with Crippen LogP contribution in [0.1, 0.15) is 18.4 Å². The molecule has 0 aliphatic carbocycles. The van der Waals surface area contributed by atoms with E-state index in [1.807, 2.05) is 0 Å². The molecule has 6 heteroatoms. The van der Waals surface area contributed by atoms with Crippen LogP contribution in [-0.2, 0) is 9.59 Å². The second kappa shape index (κ2) is 6.72. The van der Waals surface area contributed by atoms with Gasteiger partial charge in [-0.1, -0.05) is 17.7 Å². The summed E-state index contributed by atoms with van der Waals surface area (Å²) in [6.45, 7) is 0.937.